The molecule has 0 aliphatic heterocycles. The molecule has 5 rings (SSSR count). The van der Waals surface area contributed by atoms with Gasteiger partial charge in [-0.2, -0.15) is 10.2 Å². The number of fused-ring (bicyclic) bond motifs is 1. The van der Waals surface area contributed by atoms with Crippen LogP contribution < -0.4 is 0 Å². The quantitative estimate of drug-likeness (QED) is 0.583. The van der Waals surface area contributed by atoms with Gasteiger partial charge in [0.1, 0.15) is 11.6 Å². The lowest BCUT2D eigenvalue weighted by molar-refractivity contribution is 0.402. The highest BCUT2D eigenvalue weighted by molar-refractivity contribution is 5.95. The molecule has 1 saturated carbocycles. The van der Waals surface area contributed by atoms with Crippen molar-refractivity contribution in [3.05, 3.63) is 54.1 Å². The molecule has 0 bridgehead atoms. The molecular weight excluding hydrogens is 317 g/mol. The lowest BCUT2D eigenvalue weighted by atomic mass is 9.85. The Hall–Kier alpha value is -3.02. The van der Waals surface area contributed by atoms with E-state index in [9.17, 15) is 4.39 Å². The summed E-state index contributed by atoms with van der Waals surface area (Å²) in [6, 6.07) is 12.4. The predicted molar refractivity (Wildman–Crippen MR) is 93.5 cm³/mol. The van der Waals surface area contributed by atoms with Crippen molar-refractivity contribution in [2.45, 2.75) is 25.2 Å². The molecule has 1 fully saturated rings. The van der Waals surface area contributed by atoms with E-state index in [1.165, 1.54) is 31.4 Å². The Labute approximate surface area is 143 Å². The van der Waals surface area contributed by atoms with Gasteiger partial charge >= 0.3 is 0 Å². The minimum Gasteiger partial charge on any atom is -0.277 e. The molecule has 0 saturated heterocycles. The Morgan fingerprint density at radius 3 is 2.48 bits per heavy atom. The van der Waals surface area contributed by atoms with Gasteiger partial charge in [0.2, 0.25) is 0 Å². The second-order valence-corrected chi connectivity index (χ2v) is 6.51. The van der Waals surface area contributed by atoms with Gasteiger partial charge in [-0.15, -0.1) is 0 Å². The number of H-pyrrole nitrogens is 2. The topological polar surface area (TPSA) is 70.2 Å². The van der Waals surface area contributed by atoms with Crippen LogP contribution in [0.25, 0.3) is 33.5 Å². The average molecular weight is 333 g/mol. The summed E-state index contributed by atoms with van der Waals surface area (Å²) in [6.45, 7) is 0. The molecule has 2 aromatic heterocycles. The first-order valence-electron chi connectivity index (χ1n) is 8.45. The highest BCUT2D eigenvalue weighted by atomic mass is 19.1. The molecule has 4 aromatic rings. The molecular formula is C19H16FN5. The second kappa shape index (κ2) is 5.51. The molecule has 2 heterocycles. The van der Waals surface area contributed by atoms with Crippen LogP contribution in [0.5, 0.6) is 0 Å². The molecule has 1 aliphatic rings. The minimum absolute atomic E-state index is 0.256. The SMILES string of the molecule is Fc1ccc(-c2n[nH]c3ccc(-c4n[nH]c(C5CCC5)n4)cc23)cc1. The van der Waals surface area contributed by atoms with E-state index >= 15 is 0 Å². The van der Waals surface area contributed by atoms with Crippen LogP contribution in [-0.4, -0.2) is 25.4 Å². The Balaban J connectivity index is 1.57. The van der Waals surface area contributed by atoms with Crippen LogP contribution in [0.3, 0.4) is 0 Å². The van der Waals surface area contributed by atoms with Crippen molar-refractivity contribution in [3.8, 4) is 22.6 Å². The number of aromatic amines is 2. The molecule has 5 nitrogen and oxygen atoms in total. The van der Waals surface area contributed by atoms with Gasteiger partial charge in [0, 0.05) is 22.4 Å². The van der Waals surface area contributed by atoms with E-state index in [0.717, 1.165) is 33.5 Å². The average Bonchev–Trinajstić information content (AvgIpc) is 3.21. The number of nitrogens with one attached hydrogen (secondary N) is 2. The molecule has 0 amide bonds. The Morgan fingerprint density at radius 1 is 0.920 bits per heavy atom. The summed E-state index contributed by atoms with van der Waals surface area (Å²) in [6.07, 6.45) is 3.64. The smallest absolute Gasteiger partial charge is 0.181 e. The Kier molecular flexibility index (Phi) is 3.16. The van der Waals surface area contributed by atoms with Crippen LogP contribution in [0.4, 0.5) is 4.39 Å². The third-order valence-electron chi connectivity index (χ3n) is 4.93. The van der Waals surface area contributed by atoms with E-state index in [1.54, 1.807) is 12.1 Å². The first-order chi connectivity index (χ1) is 12.3. The first-order valence-corrected chi connectivity index (χ1v) is 8.45. The van der Waals surface area contributed by atoms with Crippen molar-refractivity contribution in [2.75, 3.05) is 0 Å². The van der Waals surface area contributed by atoms with E-state index in [1.807, 2.05) is 18.2 Å². The number of nitrogens with zero attached hydrogens (tertiary/aromatic N) is 3. The summed E-state index contributed by atoms with van der Waals surface area (Å²) >= 11 is 0. The number of benzene rings is 2. The van der Waals surface area contributed by atoms with Crippen molar-refractivity contribution in [1.82, 2.24) is 25.4 Å². The summed E-state index contributed by atoms with van der Waals surface area (Å²) in [5, 5.41) is 15.8. The monoisotopic (exact) mass is 333 g/mol. The maximum atomic E-state index is 13.2. The molecule has 0 radical (unpaired) electrons. The lowest BCUT2D eigenvalue weighted by Crippen LogP contribution is -2.10. The molecule has 2 N–H and O–H groups in total. The zero-order valence-corrected chi connectivity index (χ0v) is 13.5. The summed E-state index contributed by atoms with van der Waals surface area (Å²) in [7, 11) is 0. The zero-order chi connectivity index (χ0) is 16.8. The number of rotatable bonds is 3. The summed E-state index contributed by atoms with van der Waals surface area (Å²) in [5.41, 5.74) is 3.54. The van der Waals surface area contributed by atoms with Crippen molar-refractivity contribution >= 4 is 10.9 Å². The van der Waals surface area contributed by atoms with Gasteiger partial charge in [0.25, 0.3) is 0 Å². The molecule has 0 atom stereocenters. The molecule has 124 valence electrons. The zero-order valence-electron chi connectivity index (χ0n) is 13.5. The lowest BCUT2D eigenvalue weighted by Gasteiger charge is -2.22. The van der Waals surface area contributed by atoms with Crippen LogP contribution in [0.2, 0.25) is 0 Å². The van der Waals surface area contributed by atoms with Crippen LogP contribution >= 0.6 is 0 Å². The largest absolute Gasteiger partial charge is 0.277 e. The van der Waals surface area contributed by atoms with Crippen LogP contribution in [0.1, 0.15) is 31.0 Å². The second-order valence-electron chi connectivity index (χ2n) is 6.51. The summed E-state index contributed by atoms with van der Waals surface area (Å²) < 4.78 is 13.2. The van der Waals surface area contributed by atoms with E-state index in [2.05, 4.69) is 25.4 Å². The summed E-state index contributed by atoms with van der Waals surface area (Å²) in [5.74, 6) is 1.95. The standard InChI is InChI=1S/C19H16FN5/c20-14-7-4-11(5-8-14)17-15-10-13(6-9-16(15)22-23-17)19-21-18(24-25-19)12-2-1-3-12/h4-10,12H,1-3H2,(H,22,23)(H,21,24,25). The fourth-order valence-electron chi connectivity index (χ4n) is 3.25. The molecule has 1 aliphatic carbocycles. The molecule has 0 unspecified atom stereocenters. The van der Waals surface area contributed by atoms with Crippen LogP contribution in [0.15, 0.2) is 42.5 Å². The van der Waals surface area contributed by atoms with Crippen molar-refractivity contribution in [3.63, 3.8) is 0 Å². The van der Waals surface area contributed by atoms with E-state index < -0.39 is 0 Å². The molecule has 25 heavy (non-hydrogen) atoms. The first kappa shape index (κ1) is 14.3. The predicted octanol–water partition coefficient (Wildman–Crippen LogP) is 4.42. The Bertz CT molecular complexity index is 1040. The fraction of sp³-hybridized carbons (Fsp3) is 0.211. The van der Waals surface area contributed by atoms with E-state index in [0.29, 0.717) is 11.7 Å². The van der Waals surface area contributed by atoms with E-state index in [4.69, 9.17) is 0 Å². The van der Waals surface area contributed by atoms with Gasteiger partial charge < -0.3 is 0 Å². The maximum Gasteiger partial charge on any atom is 0.181 e. The van der Waals surface area contributed by atoms with Crippen LogP contribution in [0, 0.1) is 5.82 Å². The van der Waals surface area contributed by atoms with Crippen molar-refractivity contribution < 1.29 is 4.39 Å². The van der Waals surface area contributed by atoms with Gasteiger partial charge in [0.15, 0.2) is 5.82 Å². The molecule has 0 spiro atoms. The van der Waals surface area contributed by atoms with Crippen LogP contribution in [-0.2, 0) is 0 Å². The number of halogens is 1. The minimum atomic E-state index is -0.256. The fourth-order valence-corrected chi connectivity index (χ4v) is 3.25. The third kappa shape index (κ3) is 2.41. The normalized spacial score (nSPS) is 14.8. The summed E-state index contributed by atoms with van der Waals surface area (Å²) in [4.78, 5) is 4.66. The maximum absolute atomic E-state index is 13.2. The molecule has 2 aromatic carbocycles. The number of hydrogen-bond acceptors (Lipinski definition) is 3. The highest BCUT2D eigenvalue weighted by Crippen LogP contribution is 2.35. The highest BCUT2D eigenvalue weighted by Gasteiger charge is 2.23. The van der Waals surface area contributed by atoms with Gasteiger partial charge in [-0.25, -0.2) is 9.37 Å². The number of aromatic nitrogens is 5. The van der Waals surface area contributed by atoms with Gasteiger partial charge in [-0.3, -0.25) is 10.2 Å². The van der Waals surface area contributed by atoms with Gasteiger partial charge in [-0.05, 0) is 55.3 Å². The Morgan fingerprint density at radius 2 is 1.72 bits per heavy atom. The van der Waals surface area contributed by atoms with Gasteiger partial charge in [-0.1, -0.05) is 6.42 Å². The van der Waals surface area contributed by atoms with Crippen molar-refractivity contribution in [2.24, 2.45) is 0 Å². The number of hydrogen-bond donors (Lipinski definition) is 2. The van der Waals surface area contributed by atoms with E-state index in [-0.39, 0.29) is 5.82 Å². The van der Waals surface area contributed by atoms with Gasteiger partial charge in [0.05, 0.1) is 11.2 Å². The molecule has 6 heteroatoms. The third-order valence-corrected chi connectivity index (χ3v) is 4.93. The van der Waals surface area contributed by atoms with Crippen molar-refractivity contribution in [1.29, 1.82) is 0 Å².